The summed E-state index contributed by atoms with van der Waals surface area (Å²) in [7, 11) is 0. The van der Waals surface area contributed by atoms with Crippen LogP contribution in [-0.2, 0) is 9.53 Å². The van der Waals surface area contributed by atoms with Crippen LogP contribution in [0.4, 0.5) is 18.0 Å². The Bertz CT molecular complexity index is 361. The Hall–Kier alpha value is -1.47. The molecule has 3 atom stereocenters. The Labute approximate surface area is 101 Å². The Balaban J connectivity index is 2.63. The van der Waals surface area contributed by atoms with E-state index in [9.17, 15) is 22.8 Å². The zero-order valence-electron chi connectivity index (χ0n) is 10.0. The standard InChI is InChI=1S/C10H14F3NO4/c1-9(2,3)18-8(17)14-6-4(7(15)16)5(6)10(11,12)13/h4-6H,1-3H3,(H,14,17)(H,15,16)/t4-,5+,6+/m1/s1. The number of halogens is 3. The van der Waals surface area contributed by atoms with Gasteiger partial charge in [-0.3, -0.25) is 4.79 Å². The molecule has 0 aromatic rings. The van der Waals surface area contributed by atoms with E-state index in [1.165, 1.54) is 0 Å². The summed E-state index contributed by atoms with van der Waals surface area (Å²) < 4.78 is 42.1. The van der Waals surface area contributed by atoms with Crippen LogP contribution in [0.5, 0.6) is 0 Å². The molecule has 0 radical (unpaired) electrons. The highest BCUT2D eigenvalue weighted by molar-refractivity contribution is 5.78. The summed E-state index contributed by atoms with van der Waals surface area (Å²) in [6.07, 6.45) is -5.70. The average Bonchev–Trinajstić information content (AvgIpc) is 2.73. The highest BCUT2D eigenvalue weighted by Crippen LogP contribution is 2.50. The maximum absolute atomic E-state index is 12.4. The minimum Gasteiger partial charge on any atom is -0.481 e. The summed E-state index contributed by atoms with van der Waals surface area (Å²) in [5, 5.41) is 10.5. The fourth-order valence-electron chi connectivity index (χ4n) is 1.65. The molecule has 5 nitrogen and oxygen atoms in total. The average molecular weight is 269 g/mol. The Kier molecular flexibility index (Phi) is 3.51. The molecule has 0 aromatic carbocycles. The molecule has 0 spiro atoms. The zero-order valence-corrected chi connectivity index (χ0v) is 10.0. The van der Waals surface area contributed by atoms with Crippen LogP contribution in [0.25, 0.3) is 0 Å². The van der Waals surface area contributed by atoms with E-state index in [0.29, 0.717) is 0 Å². The van der Waals surface area contributed by atoms with Gasteiger partial charge in [0.2, 0.25) is 0 Å². The minimum absolute atomic E-state index is 0.856. The van der Waals surface area contributed by atoms with Crippen molar-refractivity contribution in [2.45, 2.75) is 38.6 Å². The third-order valence-corrected chi connectivity index (χ3v) is 2.37. The Morgan fingerprint density at radius 2 is 1.72 bits per heavy atom. The van der Waals surface area contributed by atoms with E-state index in [-0.39, 0.29) is 0 Å². The van der Waals surface area contributed by atoms with Gasteiger partial charge in [-0.15, -0.1) is 0 Å². The first kappa shape index (κ1) is 14.6. The number of carbonyl (C=O) groups is 2. The first-order valence-electron chi connectivity index (χ1n) is 5.22. The number of aliphatic carboxylic acids is 1. The number of carbonyl (C=O) groups excluding carboxylic acids is 1. The second-order valence-electron chi connectivity index (χ2n) is 5.10. The fourth-order valence-corrected chi connectivity index (χ4v) is 1.65. The smallest absolute Gasteiger partial charge is 0.407 e. The van der Waals surface area contributed by atoms with Gasteiger partial charge in [0.05, 0.1) is 17.9 Å². The van der Waals surface area contributed by atoms with Crippen LogP contribution in [0.1, 0.15) is 20.8 Å². The number of carboxylic acids is 1. The third-order valence-electron chi connectivity index (χ3n) is 2.37. The van der Waals surface area contributed by atoms with Crippen LogP contribution in [0.3, 0.4) is 0 Å². The summed E-state index contributed by atoms with van der Waals surface area (Å²) >= 11 is 0. The molecule has 0 saturated heterocycles. The lowest BCUT2D eigenvalue weighted by atomic mass is 10.2. The normalized spacial score (nSPS) is 27.6. The number of amides is 1. The van der Waals surface area contributed by atoms with Crippen molar-refractivity contribution >= 4 is 12.1 Å². The number of alkyl halides is 3. The molecule has 104 valence electrons. The summed E-state index contributed by atoms with van der Waals surface area (Å²) in [5.74, 6) is -5.28. The van der Waals surface area contributed by atoms with Gasteiger partial charge in [0.1, 0.15) is 5.60 Å². The number of hydrogen-bond donors (Lipinski definition) is 2. The van der Waals surface area contributed by atoms with E-state index in [4.69, 9.17) is 9.84 Å². The lowest BCUT2D eigenvalue weighted by Crippen LogP contribution is -2.36. The van der Waals surface area contributed by atoms with Crippen molar-refractivity contribution in [2.24, 2.45) is 11.8 Å². The van der Waals surface area contributed by atoms with Gasteiger partial charge in [0.25, 0.3) is 0 Å². The summed E-state index contributed by atoms with van der Waals surface area (Å²) in [6, 6.07) is -1.46. The van der Waals surface area contributed by atoms with Crippen molar-refractivity contribution in [3.63, 3.8) is 0 Å². The van der Waals surface area contributed by atoms with Crippen molar-refractivity contribution in [3.8, 4) is 0 Å². The van der Waals surface area contributed by atoms with Crippen LogP contribution >= 0.6 is 0 Å². The van der Waals surface area contributed by atoms with Crippen LogP contribution in [-0.4, -0.2) is 35.0 Å². The first-order valence-corrected chi connectivity index (χ1v) is 5.22. The van der Waals surface area contributed by atoms with E-state index in [2.05, 4.69) is 0 Å². The molecule has 1 fully saturated rings. The van der Waals surface area contributed by atoms with Crippen molar-refractivity contribution in [2.75, 3.05) is 0 Å². The van der Waals surface area contributed by atoms with Gasteiger partial charge in [0.15, 0.2) is 0 Å². The number of nitrogens with one attached hydrogen (secondary N) is 1. The second kappa shape index (κ2) is 4.33. The van der Waals surface area contributed by atoms with E-state index in [0.717, 1.165) is 0 Å². The molecule has 1 aliphatic carbocycles. The largest absolute Gasteiger partial charge is 0.481 e. The van der Waals surface area contributed by atoms with Gasteiger partial charge < -0.3 is 15.2 Å². The minimum atomic E-state index is -4.65. The lowest BCUT2D eigenvalue weighted by Gasteiger charge is -2.19. The van der Waals surface area contributed by atoms with Crippen molar-refractivity contribution in [1.29, 1.82) is 0 Å². The first-order chi connectivity index (χ1) is 7.93. The van der Waals surface area contributed by atoms with E-state index >= 15 is 0 Å². The lowest BCUT2D eigenvalue weighted by molar-refractivity contribution is -0.160. The quantitative estimate of drug-likeness (QED) is 0.801. The van der Waals surface area contributed by atoms with Crippen molar-refractivity contribution in [1.82, 2.24) is 5.32 Å². The van der Waals surface area contributed by atoms with E-state index in [1.807, 2.05) is 5.32 Å². The molecule has 2 N–H and O–H groups in total. The van der Waals surface area contributed by atoms with E-state index in [1.54, 1.807) is 20.8 Å². The van der Waals surface area contributed by atoms with Crippen molar-refractivity contribution < 1.29 is 32.6 Å². The summed E-state index contributed by atoms with van der Waals surface area (Å²) in [4.78, 5) is 21.9. The van der Waals surface area contributed by atoms with Gasteiger partial charge in [-0.1, -0.05) is 0 Å². The number of ether oxygens (including phenoxy) is 1. The number of carboxylic acid groups (broad SMARTS) is 1. The maximum Gasteiger partial charge on any atom is 0.407 e. The molecule has 0 unspecified atom stereocenters. The molecule has 0 aromatic heterocycles. The predicted molar refractivity (Wildman–Crippen MR) is 53.8 cm³/mol. The highest BCUT2D eigenvalue weighted by atomic mass is 19.4. The van der Waals surface area contributed by atoms with Gasteiger partial charge >= 0.3 is 18.2 Å². The maximum atomic E-state index is 12.4. The zero-order chi connectivity index (χ0) is 14.3. The van der Waals surface area contributed by atoms with Crippen LogP contribution in [0, 0.1) is 11.8 Å². The molecule has 1 rings (SSSR count). The van der Waals surface area contributed by atoms with Crippen LogP contribution in [0.2, 0.25) is 0 Å². The van der Waals surface area contributed by atoms with Crippen molar-refractivity contribution in [3.05, 3.63) is 0 Å². The molecular weight excluding hydrogens is 255 g/mol. The molecule has 8 heteroatoms. The van der Waals surface area contributed by atoms with Crippen LogP contribution < -0.4 is 5.32 Å². The fraction of sp³-hybridized carbons (Fsp3) is 0.800. The molecule has 0 bridgehead atoms. The SMILES string of the molecule is CC(C)(C)OC(=O)N[C@H]1[C@H](C(=O)O)[C@@H]1C(F)(F)F. The Morgan fingerprint density at radius 1 is 1.22 bits per heavy atom. The third kappa shape index (κ3) is 3.51. The van der Waals surface area contributed by atoms with Crippen LogP contribution in [0.15, 0.2) is 0 Å². The predicted octanol–water partition coefficient (Wildman–Crippen LogP) is 1.77. The van der Waals surface area contributed by atoms with Gasteiger partial charge in [-0.25, -0.2) is 4.79 Å². The molecule has 0 heterocycles. The molecule has 1 saturated carbocycles. The second-order valence-corrected chi connectivity index (χ2v) is 5.10. The van der Waals surface area contributed by atoms with Gasteiger partial charge in [-0.2, -0.15) is 13.2 Å². The Morgan fingerprint density at radius 3 is 2.00 bits per heavy atom. The summed E-state index contributed by atoms with van der Waals surface area (Å²) in [6.45, 7) is 4.65. The molecule has 1 amide bonds. The molecule has 0 aliphatic heterocycles. The van der Waals surface area contributed by atoms with Gasteiger partial charge in [0, 0.05) is 0 Å². The number of rotatable bonds is 2. The van der Waals surface area contributed by atoms with E-state index < -0.39 is 41.7 Å². The molecular formula is C10H14F3NO4. The molecule has 1 aliphatic rings. The summed E-state index contributed by atoms with van der Waals surface area (Å²) in [5.41, 5.74) is -0.856. The number of hydrogen-bond acceptors (Lipinski definition) is 3. The monoisotopic (exact) mass is 269 g/mol. The molecule has 18 heavy (non-hydrogen) atoms. The topological polar surface area (TPSA) is 75.6 Å². The van der Waals surface area contributed by atoms with Gasteiger partial charge in [-0.05, 0) is 20.8 Å². The number of alkyl carbamates (subject to hydrolysis) is 1. The highest BCUT2D eigenvalue weighted by Gasteiger charge is 2.68.